The number of hydrazone groups is 1. The lowest BCUT2D eigenvalue weighted by Crippen LogP contribution is -2.29. The molecule has 20 heavy (non-hydrogen) atoms. The molecule has 7 heteroatoms. The minimum atomic E-state index is -1.31. The highest BCUT2D eigenvalue weighted by molar-refractivity contribution is 5.80. The van der Waals surface area contributed by atoms with Gasteiger partial charge in [-0.3, -0.25) is 5.01 Å². The number of ether oxygens (including phenoxy) is 2. The summed E-state index contributed by atoms with van der Waals surface area (Å²) >= 11 is 0. The predicted molar refractivity (Wildman–Crippen MR) is 71.1 cm³/mol. The molecule has 2 N–H and O–H groups in total. The fourth-order valence-electron chi connectivity index (χ4n) is 2.02. The SMILES string of the molecule is COc1ccc(C=NN2CCCC2OC(=O)O)cc1O. The summed E-state index contributed by atoms with van der Waals surface area (Å²) < 4.78 is 9.68. The fourth-order valence-corrected chi connectivity index (χ4v) is 2.02. The molecule has 1 heterocycles. The third-order valence-electron chi connectivity index (χ3n) is 2.97. The molecule has 1 aliphatic rings. The molecular weight excluding hydrogens is 264 g/mol. The minimum absolute atomic E-state index is 0.0243. The average Bonchev–Trinajstić information content (AvgIpc) is 2.83. The molecule has 108 valence electrons. The van der Waals surface area contributed by atoms with Gasteiger partial charge in [-0.25, -0.2) is 4.79 Å². The van der Waals surface area contributed by atoms with Crippen molar-refractivity contribution in [1.82, 2.24) is 5.01 Å². The second-order valence-corrected chi connectivity index (χ2v) is 4.32. The van der Waals surface area contributed by atoms with Crippen molar-refractivity contribution in [3.63, 3.8) is 0 Å². The van der Waals surface area contributed by atoms with E-state index in [0.29, 0.717) is 24.3 Å². The predicted octanol–water partition coefficient (Wildman–Crippen LogP) is 1.85. The Hall–Kier alpha value is -2.44. The topological polar surface area (TPSA) is 91.6 Å². The van der Waals surface area contributed by atoms with Crippen LogP contribution in [0.1, 0.15) is 18.4 Å². The summed E-state index contributed by atoms with van der Waals surface area (Å²) in [5, 5.41) is 24.0. The largest absolute Gasteiger partial charge is 0.507 e. The van der Waals surface area contributed by atoms with Crippen molar-refractivity contribution in [3.8, 4) is 11.5 Å². The first-order valence-electron chi connectivity index (χ1n) is 6.17. The van der Waals surface area contributed by atoms with Crippen molar-refractivity contribution < 1.29 is 24.5 Å². The van der Waals surface area contributed by atoms with Crippen LogP contribution in [0.3, 0.4) is 0 Å². The Labute approximate surface area is 116 Å². The normalized spacial score (nSPS) is 18.4. The minimum Gasteiger partial charge on any atom is -0.504 e. The lowest BCUT2D eigenvalue weighted by atomic mass is 10.2. The van der Waals surface area contributed by atoms with E-state index in [1.807, 2.05) is 0 Å². The Bertz CT molecular complexity index is 517. The number of benzene rings is 1. The standard InChI is InChI=1S/C13H16N2O5/c1-19-11-5-4-9(7-10(11)16)8-14-15-6-2-3-12(15)20-13(17)18/h4-5,7-8,12,16H,2-3,6H2,1H3,(H,17,18). The lowest BCUT2D eigenvalue weighted by Gasteiger charge is -2.19. The number of phenolic OH excluding ortho intramolecular Hbond substituents is 1. The summed E-state index contributed by atoms with van der Waals surface area (Å²) in [6.45, 7) is 0.635. The van der Waals surface area contributed by atoms with Gasteiger partial charge in [-0.1, -0.05) is 0 Å². The highest BCUT2D eigenvalue weighted by Crippen LogP contribution is 2.25. The maximum Gasteiger partial charge on any atom is 0.507 e. The van der Waals surface area contributed by atoms with Crippen molar-refractivity contribution in [2.45, 2.75) is 19.1 Å². The molecule has 0 saturated carbocycles. The van der Waals surface area contributed by atoms with E-state index in [1.165, 1.54) is 13.2 Å². The second kappa shape index (κ2) is 6.14. The molecule has 1 aliphatic heterocycles. The molecule has 1 atom stereocenters. The van der Waals surface area contributed by atoms with Crippen molar-refractivity contribution in [2.24, 2.45) is 5.10 Å². The molecule has 0 amide bonds. The molecule has 0 bridgehead atoms. The van der Waals surface area contributed by atoms with Gasteiger partial charge in [0.05, 0.1) is 13.3 Å². The number of aromatic hydroxyl groups is 1. The average molecular weight is 280 g/mol. The number of methoxy groups -OCH3 is 1. The van der Waals surface area contributed by atoms with Crippen LogP contribution in [0.25, 0.3) is 0 Å². The van der Waals surface area contributed by atoms with E-state index in [-0.39, 0.29) is 5.75 Å². The number of hydrogen-bond donors (Lipinski definition) is 2. The van der Waals surface area contributed by atoms with E-state index in [1.54, 1.807) is 23.4 Å². The van der Waals surface area contributed by atoms with Crippen molar-refractivity contribution in [2.75, 3.05) is 13.7 Å². The van der Waals surface area contributed by atoms with Crippen LogP contribution >= 0.6 is 0 Å². The van der Waals surface area contributed by atoms with Gasteiger partial charge < -0.3 is 19.7 Å². The Balaban J connectivity index is 2.04. The molecule has 1 aromatic rings. The molecule has 0 spiro atoms. The third-order valence-corrected chi connectivity index (χ3v) is 2.97. The van der Waals surface area contributed by atoms with Crippen LogP contribution in [-0.4, -0.2) is 47.5 Å². The van der Waals surface area contributed by atoms with Crippen LogP contribution in [0, 0.1) is 0 Å². The van der Waals surface area contributed by atoms with Crippen LogP contribution in [0.4, 0.5) is 4.79 Å². The van der Waals surface area contributed by atoms with Crippen LogP contribution in [0.15, 0.2) is 23.3 Å². The van der Waals surface area contributed by atoms with E-state index in [9.17, 15) is 9.90 Å². The van der Waals surface area contributed by atoms with Gasteiger partial charge in [0, 0.05) is 13.0 Å². The number of carbonyl (C=O) groups is 1. The van der Waals surface area contributed by atoms with Gasteiger partial charge in [-0.05, 0) is 30.2 Å². The molecular formula is C13H16N2O5. The highest BCUT2D eigenvalue weighted by atomic mass is 16.7. The zero-order chi connectivity index (χ0) is 14.5. The first-order valence-corrected chi connectivity index (χ1v) is 6.17. The Morgan fingerprint density at radius 3 is 3.00 bits per heavy atom. The van der Waals surface area contributed by atoms with Crippen molar-refractivity contribution in [3.05, 3.63) is 23.8 Å². The second-order valence-electron chi connectivity index (χ2n) is 4.32. The Kier molecular flexibility index (Phi) is 4.29. The summed E-state index contributed by atoms with van der Waals surface area (Å²) in [7, 11) is 1.47. The Morgan fingerprint density at radius 1 is 1.55 bits per heavy atom. The quantitative estimate of drug-likeness (QED) is 0.646. The molecule has 0 aliphatic carbocycles. The van der Waals surface area contributed by atoms with Crippen molar-refractivity contribution >= 4 is 12.4 Å². The van der Waals surface area contributed by atoms with Gasteiger partial charge >= 0.3 is 6.16 Å². The summed E-state index contributed by atoms with van der Waals surface area (Å²) in [6, 6.07) is 4.89. The van der Waals surface area contributed by atoms with E-state index in [0.717, 1.165) is 6.42 Å². The van der Waals surface area contributed by atoms with Gasteiger partial charge in [-0.2, -0.15) is 5.10 Å². The molecule has 0 radical (unpaired) electrons. The molecule has 1 saturated heterocycles. The van der Waals surface area contributed by atoms with Gasteiger partial charge in [0.25, 0.3) is 0 Å². The molecule has 0 aromatic heterocycles. The van der Waals surface area contributed by atoms with Crippen LogP contribution in [0.2, 0.25) is 0 Å². The third kappa shape index (κ3) is 3.31. The first kappa shape index (κ1) is 14.0. The maximum absolute atomic E-state index is 10.5. The lowest BCUT2D eigenvalue weighted by molar-refractivity contribution is -0.0123. The number of hydrogen-bond acceptors (Lipinski definition) is 6. The monoisotopic (exact) mass is 280 g/mol. The summed E-state index contributed by atoms with van der Waals surface area (Å²) in [5.74, 6) is 0.409. The highest BCUT2D eigenvalue weighted by Gasteiger charge is 2.26. The molecule has 2 rings (SSSR count). The van der Waals surface area contributed by atoms with E-state index in [4.69, 9.17) is 14.6 Å². The summed E-state index contributed by atoms with van der Waals surface area (Å²) in [5.41, 5.74) is 0.685. The molecule has 1 unspecified atom stereocenters. The summed E-state index contributed by atoms with van der Waals surface area (Å²) in [6.07, 6.45) is 1.14. The first-order chi connectivity index (χ1) is 9.60. The van der Waals surface area contributed by atoms with E-state index < -0.39 is 12.4 Å². The van der Waals surface area contributed by atoms with E-state index in [2.05, 4.69) is 5.10 Å². The number of nitrogens with zero attached hydrogens (tertiary/aromatic N) is 2. The van der Waals surface area contributed by atoms with Crippen LogP contribution in [0.5, 0.6) is 11.5 Å². The summed E-state index contributed by atoms with van der Waals surface area (Å²) in [4.78, 5) is 10.5. The number of rotatable bonds is 4. The zero-order valence-electron chi connectivity index (χ0n) is 11.0. The van der Waals surface area contributed by atoms with Crippen LogP contribution < -0.4 is 4.74 Å². The van der Waals surface area contributed by atoms with E-state index >= 15 is 0 Å². The number of carboxylic acid groups (broad SMARTS) is 1. The fraction of sp³-hybridized carbons (Fsp3) is 0.385. The molecule has 1 aromatic carbocycles. The van der Waals surface area contributed by atoms with Gasteiger partial charge in [0.1, 0.15) is 0 Å². The zero-order valence-corrected chi connectivity index (χ0v) is 11.0. The van der Waals surface area contributed by atoms with Gasteiger partial charge in [-0.15, -0.1) is 0 Å². The maximum atomic E-state index is 10.5. The van der Waals surface area contributed by atoms with Gasteiger partial charge in [0.2, 0.25) is 0 Å². The van der Waals surface area contributed by atoms with Crippen molar-refractivity contribution in [1.29, 1.82) is 0 Å². The smallest absolute Gasteiger partial charge is 0.504 e. The van der Waals surface area contributed by atoms with Crippen LogP contribution in [-0.2, 0) is 4.74 Å². The van der Waals surface area contributed by atoms with Gasteiger partial charge in [0.15, 0.2) is 17.7 Å². The number of phenols is 1. The molecule has 1 fully saturated rings. The Morgan fingerprint density at radius 2 is 2.35 bits per heavy atom. The molecule has 7 nitrogen and oxygen atoms in total.